The maximum absolute atomic E-state index is 11.9. The largest absolute Gasteiger partial charge is 0.392 e. The maximum atomic E-state index is 11.9. The first-order chi connectivity index (χ1) is 6.43. The van der Waals surface area contributed by atoms with E-state index in [9.17, 15) is 9.32 Å². The summed E-state index contributed by atoms with van der Waals surface area (Å²) < 4.78 is 13.8. The lowest BCUT2D eigenvalue weighted by molar-refractivity contribution is 0.0191. The lowest BCUT2D eigenvalue weighted by atomic mass is 9.90. The fourth-order valence-corrected chi connectivity index (χ4v) is 3.30. The van der Waals surface area contributed by atoms with Crippen molar-refractivity contribution >= 4 is 11.0 Å². The molecule has 14 heavy (non-hydrogen) atoms. The summed E-state index contributed by atoms with van der Waals surface area (Å²) in [5.74, 6) is 0.447. The maximum Gasteiger partial charge on any atom is 0.0968 e. The molecule has 0 aromatic carbocycles. The summed E-state index contributed by atoms with van der Waals surface area (Å²) in [5, 5.41) is 9.93. The molecule has 0 spiro atoms. The van der Waals surface area contributed by atoms with Gasteiger partial charge in [0.1, 0.15) is 0 Å². The van der Waals surface area contributed by atoms with Crippen LogP contribution in [-0.4, -0.2) is 38.1 Å². The van der Waals surface area contributed by atoms with Crippen molar-refractivity contribution in [2.75, 3.05) is 13.1 Å². The molecule has 84 valence electrons. The number of aliphatic hydroxyl groups excluding tert-OH is 1. The molecule has 0 aromatic heterocycles. The highest BCUT2D eigenvalue weighted by Crippen LogP contribution is 2.23. The van der Waals surface area contributed by atoms with Crippen LogP contribution in [0.1, 0.15) is 27.7 Å². The first-order valence-corrected chi connectivity index (χ1v) is 6.44. The highest BCUT2D eigenvalue weighted by atomic mass is 32.2. The Bertz CT molecular complexity index is 208. The third-order valence-corrected chi connectivity index (χ3v) is 4.42. The standard InChI is InChI=1S/C10H21NO2S/c1-7(2)14(13)11-5-8(3)10(12)9(4)6-11/h7-10,12H,5-6H2,1-4H3. The van der Waals surface area contributed by atoms with E-state index < -0.39 is 11.0 Å². The Balaban J connectivity index is 2.62. The van der Waals surface area contributed by atoms with Crippen molar-refractivity contribution < 1.29 is 9.32 Å². The summed E-state index contributed by atoms with van der Waals surface area (Å²) in [4.78, 5) is 0. The van der Waals surface area contributed by atoms with Gasteiger partial charge >= 0.3 is 0 Å². The predicted octanol–water partition coefficient (Wildman–Crippen LogP) is 1.01. The number of aliphatic hydroxyl groups is 1. The van der Waals surface area contributed by atoms with Gasteiger partial charge in [-0.15, -0.1) is 0 Å². The van der Waals surface area contributed by atoms with Gasteiger partial charge in [-0.1, -0.05) is 13.8 Å². The Morgan fingerprint density at radius 2 is 1.71 bits per heavy atom. The van der Waals surface area contributed by atoms with Crippen LogP contribution >= 0.6 is 0 Å². The Hall–Kier alpha value is 0.0700. The monoisotopic (exact) mass is 219 g/mol. The van der Waals surface area contributed by atoms with Crippen LogP contribution < -0.4 is 0 Å². The number of rotatable bonds is 2. The van der Waals surface area contributed by atoms with Crippen LogP contribution in [-0.2, 0) is 11.0 Å². The second-order valence-corrected chi connectivity index (χ2v) is 6.63. The van der Waals surface area contributed by atoms with Crippen LogP contribution in [0.15, 0.2) is 0 Å². The molecule has 3 atom stereocenters. The predicted molar refractivity (Wildman–Crippen MR) is 59.2 cm³/mol. The molecular formula is C10H21NO2S. The summed E-state index contributed by atoms with van der Waals surface area (Å²) >= 11 is 0. The Kier molecular flexibility index (Phi) is 4.10. The summed E-state index contributed by atoms with van der Waals surface area (Å²) in [6.07, 6.45) is -0.240. The molecule has 1 rings (SSSR count). The van der Waals surface area contributed by atoms with Crippen LogP contribution in [0.25, 0.3) is 0 Å². The molecule has 1 aliphatic rings. The molecule has 1 saturated heterocycles. The molecule has 1 heterocycles. The van der Waals surface area contributed by atoms with E-state index in [4.69, 9.17) is 0 Å². The number of nitrogens with zero attached hydrogens (tertiary/aromatic N) is 1. The second-order valence-electron chi connectivity index (χ2n) is 4.62. The Labute approximate surface area is 89.1 Å². The quantitative estimate of drug-likeness (QED) is 0.753. The average molecular weight is 219 g/mol. The molecule has 0 radical (unpaired) electrons. The summed E-state index contributed by atoms with van der Waals surface area (Å²) in [6.45, 7) is 9.47. The van der Waals surface area contributed by atoms with Crippen LogP contribution in [0.3, 0.4) is 0 Å². The minimum atomic E-state index is -0.892. The van der Waals surface area contributed by atoms with Crippen LogP contribution in [0.4, 0.5) is 0 Å². The van der Waals surface area contributed by atoms with E-state index in [2.05, 4.69) is 0 Å². The van der Waals surface area contributed by atoms with E-state index in [-0.39, 0.29) is 23.2 Å². The Morgan fingerprint density at radius 1 is 1.29 bits per heavy atom. The van der Waals surface area contributed by atoms with Crippen molar-refractivity contribution in [3.05, 3.63) is 0 Å². The van der Waals surface area contributed by atoms with Gasteiger partial charge in [0.05, 0.1) is 17.1 Å². The van der Waals surface area contributed by atoms with Crippen molar-refractivity contribution in [2.45, 2.75) is 39.0 Å². The SMILES string of the molecule is CC1CN(S(=O)C(C)C)CC(C)C1O. The molecular weight excluding hydrogens is 198 g/mol. The Morgan fingerprint density at radius 3 is 2.07 bits per heavy atom. The molecule has 4 heteroatoms. The van der Waals surface area contributed by atoms with E-state index >= 15 is 0 Å². The van der Waals surface area contributed by atoms with Gasteiger partial charge in [0.15, 0.2) is 0 Å². The molecule has 1 aliphatic heterocycles. The number of hydrogen-bond donors (Lipinski definition) is 1. The third-order valence-electron chi connectivity index (χ3n) is 2.81. The van der Waals surface area contributed by atoms with Crippen molar-refractivity contribution in [1.82, 2.24) is 4.31 Å². The van der Waals surface area contributed by atoms with E-state index in [1.807, 2.05) is 32.0 Å². The van der Waals surface area contributed by atoms with Crippen molar-refractivity contribution in [1.29, 1.82) is 0 Å². The summed E-state index contributed by atoms with van der Waals surface area (Å²) in [7, 11) is -0.892. The third kappa shape index (κ3) is 2.55. The smallest absolute Gasteiger partial charge is 0.0968 e. The second kappa shape index (κ2) is 4.73. The number of hydrogen-bond acceptors (Lipinski definition) is 2. The van der Waals surface area contributed by atoms with E-state index in [0.29, 0.717) is 0 Å². The summed E-state index contributed by atoms with van der Waals surface area (Å²) in [6, 6.07) is 0. The molecule has 3 nitrogen and oxygen atoms in total. The fraction of sp³-hybridized carbons (Fsp3) is 1.00. The molecule has 1 N–H and O–H groups in total. The van der Waals surface area contributed by atoms with Crippen LogP contribution in [0.2, 0.25) is 0 Å². The zero-order valence-electron chi connectivity index (χ0n) is 9.43. The number of piperidine rings is 1. The van der Waals surface area contributed by atoms with Gasteiger partial charge in [0.25, 0.3) is 0 Å². The van der Waals surface area contributed by atoms with Gasteiger partial charge in [-0.05, 0) is 25.7 Å². The molecule has 0 aromatic rings. The van der Waals surface area contributed by atoms with Crippen LogP contribution in [0.5, 0.6) is 0 Å². The first kappa shape index (κ1) is 12.1. The van der Waals surface area contributed by atoms with Gasteiger partial charge in [0.2, 0.25) is 0 Å². The van der Waals surface area contributed by atoms with Gasteiger partial charge in [-0.2, -0.15) is 0 Å². The van der Waals surface area contributed by atoms with Gasteiger partial charge in [0, 0.05) is 18.3 Å². The molecule has 0 bridgehead atoms. The highest BCUT2D eigenvalue weighted by molar-refractivity contribution is 7.83. The zero-order valence-corrected chi connectivity index (χ0v) is 10.3. The lowest BCUT2D eigenvalue weighted by Gasteiger charge is -2.38. The first-order valence-electron chi connectivity index (χ1n) is 5.27. The molecule has 0 amide bonds. The molecule has 3 unspecified atom stereocenters. The zero-order chi connectivity index (χ0) is 10.9. The molecule has 0 aliphatic carbocycles. The van der Waals surface area contributed by atoms with Gasteiger partial charge in [-0.25, -0.2) is 8.51 Å². The topological polar surface area (TPSA) is 40.5 Å². The van der Waals surface area contributed by atoms with Crippen LogP contribution in [0, 0.1) is 11.8 Å². The fourth-order valence-electron chi connectivity index (χ4n) is 1.94. The summed E-state index contributed by atoms with van der Waals surface area (Å²) in [5.41, 5.74) is 0. The van der Waals surface area contributed by atoms with Crippen molar-refractivity contribution in [3.8, 4) is 0 Å². The normalized spacial score (nSPS) is 37.4. The van der Waals surface area contributed by atoms with Gasteiger partial charge < -0.3 is 5.11 Å². The lowest BCUT2D eigenvalue weighted by Crippen LogP contribution is -2.49. The van der Waals surface area contributed by atoms with Crippen molar-refractivity contribution in [3.63, 3.8) is 0 Å². The van der Waals surface area contributed by atoms with Gasteiger partial charge in [-0.3, -0.25) is 0 Å². The minimum absolute atomic E-state index is 0.171. The van der Waals surface area contributed by atoms with E-state index in [0.717, 1.165) is 13.1 Å². The molecule has 1 fully saturated rings. The molecule has 0 saturated carbocycles. The van der Waals surface area contributed by atoms with E-state index in [1.165, 1.54) is 0 Å². The van der Waals surface area contributed by atoms with Crippen molar-refractivity contribution in [2.24, 2.45) is 11.8 Å². The van der Waals surface area contributed by atoms with E-state index in [1.54, 1.807) is 0 Å². The highest BCUT2D eigenvalue weighted by Gasteiger charge is 2.33. The average Bonchev–Trinajstić information content (AvgIpc) is 2.12. The minimum Gasteiger partial charge on any atom is -0.392 e.